The van der Waals surface area contributed by atoms with Crippen LogP contribution >= 0.6 is 0 Å². The molecule has 0 atom stereocenters. The van der Waals surface area contributed by atoms with E-state index in [2.05, 4.69) is 25.4 Å². The normalized spacial score (nSPS) is 12.2. The molecule has 6 rings (SSSR count). The molecule has 0 aliphatic carbocycles. The van der Waals surface area contributed by atoms with Gasteiger partial charge in [0, 0.05) is 22.4 Å². The second kappa shape index (κ2) is 16.1. The maximum atomic E-state index is 12.2. The number of aromatic nitrogens is 1. The van der Waals surface area contributed by atoms with Crippen LogP contribution in [-0.4, -0.2) is 43.9 Å². The van der Waals surface area contributed by atoms with Crippen molar-refractivity contribution in [2.24, 2.45) is 20.5 Å². The van der Waals surface area contributed by atoms with E-state index in [9.17, 15) is 38.9 Å². The van der Waals surface area contributed by atoms with Gasteiger partial charge >= 0.3 is 88.7 Å². The average Bonchev–Trinajstić information content (AvgIpc) is 3.00. The van der Waals surface area contributed by atoms with Crippen molar-refractivity contribution in [3.8, 4) is 0 Å². The summed E-state index contributed by atoms with van der Waals surface area (Å²) in [5.74, 6) is 0. The van der Waals surface area contributed by atoms with Gasteiger partial charge in [-0.1, -0.05) is 30.3 Å². The quantitative estimate of drug-likeness (QED) is 0.0919. The zero-order chi connectivity index (χ0) is 32.9. The van der Waals surface area contributed by atoms with Gasteiger partial charge in [0.05, 0.1) is 31.6 Å². The minimum absolute atomic E-state index is 0. The number of benzene rings is 5. The van der Waals surface area contributed by atoms with Gasteiger partial charge in [-0.25, -0.2) is 25.3 Å². The van der Waals surface area contributed by atoms with Crippen LogP contribution in [0, 0.1) is 0 Å². The first-order chi connectivity index (χ1) is 21.7. The molecule has 0 amide bonds. The summed E-state index contributed by atoms with van der Waals surface area (Å²) in [5.41, 5.74) is 0.138. The summed E-state index contributed by atoms with van der Waals surface area (Å²) in [4.78, 5) is 2.03. The van der Waals surface area contributed by atoms with Crippen LogP contribution in [0.2, 0.25) is 0 Å². The van der Waals surface area contributed by atoms with Gasteiger partial charge in [0.2, 0.25) is 0 Å². The van der Waals surface area contributed by atoms with Crippen LogP contribution in [-0.2, 0) is 30.4 Å². The first kappa shape index (κ1) is 41.4. The van der Waals surface area contributed by atoms with E-state index in [1.807, 2.05) is 0 Å². The molecule has 232 valence electrons. The van der Waals surface area contributed by atoms with Gasteiger partial charge in [-0.15, -0.1) is 20.5 Å². The molecule has 0 radical (unpaired) electrons. The van der Waals surface area contributed by atoms with Crippen LogP contribution in [0.1, 0.15) is 0 Å². The Morgan fingerprint density at radius 1 is 0.449 bits per heavy atom. The number of hydrogen-bond acceptors (Lipinski definition) is 14. The van der Waals surface area contributed by atoms with E-state index >= 15 is 0 Å². The topological polar surface area (TPSA) is 234 Å². The van der Waals surface area contributed by atoms with Crippen LogP contribution < -0.4 is 88.7 Å². The number of hydrogen-bond donors (Lipinski definition) is 0. The number of nitrogens with zero attached hydrogens (tertiary/aromatic N) is 5. The second-order valence-corrected chi connectivity index (χ2v) is 13.8. The summed E-state index contributed by atoms with van der Waals surface area (Å²) in [6.07, 6.45) is 1.58. The van der Waals surface area contributed by atoms with E-state index in [0.717, 1.165) is 30.3 Å². The second-order valence-electron chi connectivity index (χ2n) is 9.73. The summed E-state index contributed by atoms with van der Waals surface area (Å²) in [6.45, 7) is 0. The Morgan fingerprint density at radius 3 is 1.47 bits per heavy atom. The van der Waals surface area contributed by atoms with Crippen molar-refractivity contribution in [1.82, 2.24) is 4.98 Å². The predicted molar refractivity (Wildman–Crippen MR) is 162 cm³/mol. The third-order valence-corrected chi connectivity index (χ3v) is 9.44. The Bertz CT molecular complexity index is 2640. The maximum absolute atomic E-state index is 12.2. The van der Waals surface area contributed by atoms with E-state index in [4.69, 9.17) is 0 Å². The fourth-order valence-corrected chi connectivity index (χ4v) is 6.73. The number of pyridine rings is 1. The van der Waals surface area contributed by atoms with Crippen molar-refractivity contribution in [1.29, 1.82) is 0 Å². The first-order valence-corrected chi connectivity index (χ1v) is 17.1. The average molecular weight is 744 g/mol. The summed E-state index contributed by atoms with van der Waals surface area (Å²) in [5, 5.41) is 17.0. The Morgan fingerprint density at radius 2 is 0.918 bits per heavy atom. The molecule has 5 aromatic carbocycles. The predicted octanol–water partition coefficient (Wildman–Crippen LogP) is -2.90. The van der Waals surface area contributed by atoms with Crippen LogP contribution in [0.25, 0.3) is 32.4 Å². The number of fused-ring (bicyclic) bond motifs is 3. The van der Waals surface area contributed by atoms with Crippen LogP contribution in [0.15, 0.2) is 132 Å². The van der Waals surface area contributed by atoms with Gasteiger partial charge in [0.1, 0.15) is 41.7 Å². The molecule has 6 aromatic rings. The zero-order valence-electron chi connectivity index (χ0n) is 25.9. The molecular formula is C29H16N5Na3O9S3. The van der Waals surface area contributed by atoms with Crippen LogP contribution in [0.5, 0.6) is 0 Å². The van der Waals surface area contributed by atoms with Gasteiger partial charge in [0.25, 0.3) is 0 Å². The molecule has 0 spiro atoms. The Kier molecular flexibility index (Phi) is 13.6. The Balaban J connectivity index is 0.00000217. The molecule has 1 heterocycles. The van der Waals surface area contributed by atoms with Crippen molar-refractivity contribution < 1.29 is 128 Å². The summed E-state index contributed by atoms with van der Waals surface area (Å²) in [7, 11) is -15.2. The van der Waals surface area contributed by atoms with E-state index < -0.39 is 50.7 Å². The SMILES string of the molecule is O=S(=O)([O-])c1cc2cc(S(=O)(=O)[O-])c(N=Nc3ccc(S(=O)(=O)[O-])c4ccccc34)cc2cc1N=Nc1cccc2ncccc12.[Na+].[Na+].[Na+]. The first-order valence-electron chi connectivity index (χ1n) is 12.9. The van der Waals surface area contributed by atoms with Gasteiger partial charge in [-0.3, -0.25) is 4.98 Å². The number of azo groups is 2. The van der Waals surface area contributed by atoms with E-state index in [-0.39, 0.29) is 122 Å². The van der Waals surface area contributed by atoms with Crippen molar-refractivity contribution in [3.05, 3.63) is 97.2 Å². The number of rotatable bonds is 7. The van der Waals surface area contributed by atoms with Crippen LogP contribution in [0.4, 0.5) is 22.7 Å². The molecule has 1 aromatic heterocycles. The molecular weight excluding hydrogens is 728 g/mol. The molecule has 0 bridgehead atoms. The van der Waals surface area contributed by atoms with Crippen LogP contribution in [0.3, 0.4) is 0 Å². The van der Waals surface area contributed by atoms with E-state index in [1.165, 1.54) is 24.3 Å². The smallest absolute Gasteiger partial charge is 0.744 e. The minimum atomic E-state index is -5.22. The van der Waals surface area contributed by atoms with Gasteiger partial charge in [-0.05, 0) is 71.4 Å². The third kappa shape index (κ3) is 9.07. The van der Waals surface area contributed by atoms with E-state index in [1.54, 1.807) is 42.6 Å². The Labute approximate surface area is 346 Å². The molecule has 0 N–H and O–H groups in total. The molecule has 0 saturated carbocycles. The van der Waals surface area contributed by atoms with Gasteiger partial charge < -0.3 is 13.7 Å². The fraction of sp³-hybridized carbons (Fsp3) is 0. The molecule has 0 saturated heterocycles. The maximum Gasteiger partial charge on any atom is 1.00 e. The molecule has 0 aliphatic rings. The largest absolute Gasteiger partial charge is 1.00 e. The molecule has 0 unspecified atom stereocenters. The third-order valence-electron chi connectivity index (χ3n) is 6.82. The zero-order valence-corrected chi connectivity index (χ0v) is 34.3. The standard InChI is InChI=1S/C29H19N5O9S3.3Na/c35-44(36,37)27-11-10-24(19-5-1-2-6-20(19)27)32-34-26-14-17-13-25(33-31-23-9-3-8-22-21(23)7-4-12-30-22)28(45(38,39)40)15-18(17)16-29(26)46(41,42)43;;;/h1-16H,(H,35,36,37)(H,38,39,40)(H,41,42,43);;;/q;3*+1/p-3. The van der Waals surface area contributed by atoms with Gasteiger partial charge in [0.15, 0.2) is 0 Å². The van der Waals surface area contributed by atoms with Crippen molar-refractivity contribution in [2.45, 2.75) is 14.7 Å². The fourth-order valence-electron chi connectivity index (χ4n) is 4.79. The molecule has 0 fully saturated rings. The Hall–Kier alpha value is -2.04. The van der Waals surface area contributed by atoms with Crippen molar-refractivity contribution >= 4 is 85.6 Å². The summed E-state index contributed by atoms with van der Waals surface area (Å²) in [6, 6.07) is 20.5. The summed E-state index contributed by atoms with van der Waals surface area (Å²) >= 11 is 0. The molecule has 20 heteroatoms. The summed E-state index contributed by atoms with van der Waals surface area (Å²) < 4.78 is 108. The molecule has 0 aliphatic heterocycles. The monoisotopic (exact) mass is 743 g/mol. The minimum Gasteiger partial charge on any atom is -0.744 e. The molecule has 49 heavy (non-hydrogen) atoms. The molecule has 14 nitrogen and oxygen atoms in total. The van der Waals surface area contributed by atoms with Gasteiger partial charge in [-0.2, -0.15) is 0 Å². The van der Waals surface area contributed by atoms with E-state index in [0.29, 0.717) is 16.6 Å². The van der Waals surface area contributed by atoms with Crippen molar-refractivity contribution in [3.63, 3.8) is 0 Å². The van der Waals surface area contributed by atoms with Crippen molar-refractivity contribution in [2.75, 3.05) is 0 Å².